The Hall–Kier alpha value is -2.90. The number of aliphatic carboxylic acids is 1. The average molecular weight is 305 g/mol. The number of benzene rings is 1. The molecule has 0 bridgehead atoms. The number of ether oxygens (including phenoxy) is 1. The van der Waals surface area contributed by atoms with Crippen LogP contribution < -0.4 is 10.1 Å². The van der Waals surface area contributed by atoms with Crippen molar-refractivity contribution >= 4 is 11.9 Å². The van der Waals surface area contributed by atoms with E-state index in [0.717, 1.165) is 11.3 Å². The molecule has 8 heteroatoms. The van der Waals surface area contributed by atoms with Crippen LogP contribution in [0.25, 0.3) is 11.4 Å². The van der Waals surface area contributed by atoms with Crippen molar-refractivity contribution in [2.24, 2.45) is 0 Å². The molecule has 116 valence electrons. The highest BCUT2D eigenvalue weighted by molar-refractivity contribution is 5.81. The Morgan fingerprint density at radius 1 is 1.32 bits per heavy atom. The summed E-state index contributed by atoms with van der Waals surface area (Å²) >= 11 is 0. The summed E-state index contributed by atoms with van der Waals surface area (Å²) in [5.41, 5.74) is 0.770. The predicted molar refractivity (Wildman–Crippen MR) is 75.3 cm³/mol. The normalized spacial score (nSPS) is 10.2. The lowest BCUT2D eigenvalue weighted by atomic mass is 10.2. The molecule has 2 rings (SSSR count). The number of carbonyl (C=O) groups excluding carboxylic acids is 1. The topological polar surface area (TPSA) is 115 Å². The summed E-state index contributed by atoms with van der Waals surface area (Å²) in [5.74, 6) is -0.0120. The fourth-order valence-corrected chi connectivity index (χ4v) is 1.70. The fourth-order valence-electron chi connectivity index (χ4n) is 1.70. The van der Waals surface area contributed by atoms with E-state index in [-0.39, 0.29) is 18.7 Å². The standard InChI is InChI=1S/C14H15N3O5/c1-21-10-4-2-9(3-5-10)14-16-12(22-17-14)7-6-11(18)15-8-13(19)20/h2-5H,6-8H2,1H3,(H,15,18)(H,19,20). The van der Waals surface area contributed by atoms with Crippen LogP contribution in [0.15, 0.2) is 28.8 Å². The molecule has 0 spiro atoms. The first-order chi connectivity index (χ1) is 10.6. The number of carboxylic acid groups (broad SMARTS) is 1. The number of methoxy groups -OCH3 is 1. The van der Waals surface area contributed by atoms with Gasteiger partial charge >= 0.3 is 5.97 Å². The number of hydrogen-bond acceptors (Lipinski definition) is 6. The van der Waals surface area contributed by atoms with Crippen molar-refractivity contribution in [1.82, 2.24) is 15.5 Å². The van der Waals surface area contributed by atoms with E-state index < -0.39 is 12.5 Å². The van der Waals surface area contributed by atoms with Crippen LogP contribution >= 0.6 is 0 Å². The Labute approximate surface area is 126 Å². The van der Waals surface area contributed by atoms with E-state index in [1.54, 1.807) is 31.4 Å². The predicted octanol–water partition coefficient (Wildman–Crippen LogP) is 0.879. The third-order valence-corrected chi connectivity index (χ3v) is 2.82. The van der Waals surface area contributed by atoms with Gasteiger partial charge in [0.2, 0.25) is 17.6 Å². The number of hydrogen-bond donors (Lipinski definition) is 2. The maximum Gasteiger partial charge on any atom is 0.322 e. The van der Waals surface area contributed by atoms with Crippen molar-refractivity contribution in [2.45, 2.75) is 12.8 Å². The minimum absolute atomic E-state index is 0.0809. The zero-order valence-electron chi connectivity index (χ0n) is 11.9. The molecular formula is C14H15N3O5. The van der Waals surface area contributed by atoms with Crippen LogP contribution in [0.5, 0.6) is 5.75 Å². The molecule has 1 aromatic carbocycles. The maximum absolute atomic E-state index is 11.4. The summed E-state index contributed by atoms with van der Waals surface area (Å²) in [6.45, 7) is -0.403. The molecular weight excluding hydrogens is 290 g/mol. The van der Waals surface area contributed by atoms with Gasteiger partial charge in [-0.05, 0) is 24.3 Å². The lowest BCUT2D eigenvalue weighted by molar-refractivity contribution is -0.137. The van der Waals surface area contributed by atoms with Gasteiger partial charge in [0.1, 0.15) is 12.3 Å². The van der Waals surface area contributed by atoms with Crippen molar-refractivity contribution in [2.75, 3.05) is 13.7 Å². The van der Waals surface area contributed by atoms with E-state index in [0.29, 0.717) is 11.7 Å². The number of nitrogens with zero attached hydrogens (tertiary/aromatic N) is 2. The number of aromatic nitrogens is 2. The smallest absolute Gasteiger partial charge is 0.322 e. The summed E-state index contributed by atoms with van der Waals surface area (Å²) in [7, 11) is 1.58. The fraction of sp³-hybridized carbons (Fsp3) is 0.286. The van der Waals surface area contributed by atoms with Gasteiger partial charge < -0.3 is 19.7 Å². The first-order valence-corrected chi connectivity index (χ1v) is 6.54. The molecule has 2 N–H and O–H groups in total. The Morgan fingerprint density at radius 2 is 2.05 bits per heavy atom. The van der Waals surface area contributed by atoms with Crippen molar-refractivity contribution < 1.29 is 24.0 Å². The van der Waals surface area contributed by atoms with Gasteiger partial charge in [0.05, 0.1) is 7.11 Å². The van der Waals surface area contributed by atoms with Gasteiger partial charge in [-0.25, -0.2) is 0 Å². The van der Waals surface area contributed by atoms with Crippen molar-refractivity contribution in [3.8, 4) is 17.1 Å². The van der Waals surface area contributed by atoms with Gasteiger partial charge in [0.25, 0.3) is 0 Å². The highest BCUT2D eigenvalue weighted by Crippen LogP contribution is 2.19. The maximum atomic E-state index is 11.4. The zero-order valence-corrected chi connectivity index (χ0v) is 11.9. The third-order valence-electron chi connectivity index (χ3n) is 2.82. The summed E-state index contributed by atoms with van der Waals surface area (Å²) in [5, 5.41) is 14.6. The summed E-state index contributed by atoms with van der Waals surface area (Å²) < 4.78 is 10.1. The molecule has 0 radical (unpaired) electrons. The Balaban J connectivity index is 1.90. The van der Waals surface area contributed by atoms with Crippen molar-refractivity contribution in [3.63, 3.8) is 0 Å². The Bertz CT molecular complexity index is 651. The van der Waals surface area contributed by atoms with E-state index >= 15 is 0 Å². The molecule has 1 amide bonds. The second kappa shape index (κ2) is 7.21. The Morgan fingerprint density at radius 3 is 2.68 bits per heavy atom. The van der Waals surface area contributed by atoms with Crippen LogP contribution in [-0.4, -0.2) is 40.8 Å². The summed E-state index contributed by atoms with van der Waals surface area (Å²) in [6, 6.07) is 7.16. The van der Waals surface area contributed by atoms with Crippen LogP contribution in [0, 0.1) is 0 Å². The molecule has 0 saturated heterocycles. The van der Waals surface area contributed by atoms with Gasteiger partial charge in [-0.15, -0.1) is 0 Å². The first kappa shape index (κ1) is 15.5. The highest BCUT2D eigenvalue weighted by atomic mass is 16.5. The number of rotatable bonds is 7. The molecule has 1 aromatic heterocycles. The van der Waals surface area contributed by atoms with E-state index in [1.165, 1.54) is 0 Å². The molecule has 0 aliphatic rings. The van der Waals surface area contributed by atoms with E-state index in [2.05, 4.69) is 15.5 Å². The second-order valence-electron chi connectivity index (χ2n) is 4.41. The second-order valence-corrected chi connectivity index (χ2v) is 4.41. The minimum atomic E-state index is -1.09. The van der Waals surface area contributed by atoms with E-state index in [9.17, 15) is 9.59 Å². The minimum Gasteiger partial charge on any atom is -0.497 e. The molecule has 0 aliphatic carbocycles. The molecule has 0 saturated carbocycles. The van der Waals surface area contributed by atoms with Gasteiger partial charge in [-0.3, -0.25) is 9.59 Å². The number of carbonyl (C=O) groups is 2. The SMILES string of the molecule is COc1ccc(-c2noc(CCC(=O)NCC(=O)O)n2)cc1. The average Bonchev–Trinajstić information content (AvgIpc) is 3.00. The molecule has 0 unspecified atom stereocenters. The van der Waals surface area contributed by atoms with Crippen LogP contribution in [0.4, 0.5) is 0 Å². The first-order valence-electron chi connectivity index (χ1n) is 6.54. The monoisotopic (exact) mass is 305 g/mol. The van der Waals surface area contributed by atoms with Gasteiger partial charge in [0.15, 0.2) is 0 Å². The van der Waals surface area contributed by atoms with Crippen LogP contribution in [-0.2, 0) is 16.0 Å². The lowest BCUT2D eigenvalue weighted by Gasteiger charge is -1.99. The van der Waals surface area contributed by atoms with Gasteiger partial charge in [-0.1, -0.05) is 5.16 Å². The Kier molecular flexibility index (Phi) is 5.07. The molecule has 2 aromatic rings. The van der Waals surface area contributed by atoms with Gasteiger partial charge in [0, 0.05) is 18.4 Å². The lowest BCUT2D eigenvalue weighted by Crippen LogP contribution is -2.29. The quantitative estimate of drug-likeness (QED) is 0.780. The van der Waals surface area contributed by atoms with E-state index in [4.69, 9.17) is 14.4 Å². The third kappa shape index (κ3) is 4.30. The van der Waals surface area contributed by atoms with Gasteiger partial charge in [-0.2, -0.15) is 4.98 Å². The molecule has 0 aliphatic heterocycles. The van der Waals surface area contributed by atoms with Crippen LogP contribution in [0.3, 0.4) is 0 Å². The summed E-state index contributed by atoms with van der Waals surface area (Å²) in [4.78, 5) is 25.9. The van der Waals surface area contributed by atoms with Crippen molar-refractivity contribution in [3.05, 3.63) is 30.2 Å². The van der Waals surface area contributed by atoms with Crippen LogP contribution in [0.2, 0.25) is 0 Å². The molecule has 1 heterocycles. The number of carboxylic acids is 1. The number of nitrogens with one attached hydrogen (secondary N) is 1. The molecule has 8 nitrogen and oxygen atoms in total. The number of aryl methyl sites for hydroxylation is 1. The molecule has 22 heavy (non-hydrogen) atoms. The number of amides is 1. The molecule has 0 atom stereocenters. The highest BCUT2D eigenvalue weighted by Gasteiger charge is 2.11. The van der Waals surface area contributed by atoms with Crippen molar-refractivity contribution in [1.29, 1.82) is 0 Å². The van der Waals surface area contributed by atoms with Crippen LogP contribution in [0.1, 0.15) is 12.3 Å². The molecule has 0 fully saturated rings. The van der Waals surface area contributed by atoms with E-state index in [1.807, 2.05) is 0 Å². The summed E-state index contributed by atoms with van der Waals surface area (Å²) in [6.07, 6.45) is 0.326. The largest absolute Gasteiger partial charge is 0.497 e. The zero-order chi connectivity index (χ0) is 15.9.